The fraction of sp³-hybridized carbons (Fsp3) is 0.391. The van der Waals surface area contributed by atoms with Crippen molar-refractivity contribution in [2.75, 3.05) is 0 Å². The number of benzene rings is 1. The molecular formula is C23H22O7. The van der Waals surface area contributed by atoms with Crippen LogP contribution in [0, 0.1) is 17.8 Å². The molecule has 156 valence electrons. The molecule has 7 heteroatoms. The number of phenolic OH excluding ortho intramolecular Hbond substituents is 1. The van der Waals surface area contributed by atoms with Gasteiger partial charge in [0.05, 0.1) is 18.3 Å². The molecule has 0 bridgehead atoms. The van der Waals surface area contributed by atoms with E-state index in [1.54, 1.807) is 26.0 Å². The van der Waals surface area contributed by atoms with Crippen LogP contribution < -0.4 is 0 Å². The molecule has 0 radical (unpaired) electrons. The number of hydrogen-bond acceptors (Lipinski definition) is 7. The predicted octanol–water partition coefficient (Wildman–Crippen LogP) is 2.07. The van der Waals surface area contributed by atoms with Gasteiger partial charge in [0.2, 0.25) is 0 Å². The van der Waals surface area contributed by atoms with Crippen LogP contribution in [0.25, 0.3) is 0 Å². The van der Waals surface area contributed by atoms with Crippen LogP contribution >= 0.6 is 0 Å². The Balaban J connectivity index is 1.63. The summed E-state index contributed by atoms with van der Waals surface area (Å²) in [7, 11) is 0. The molecule has 0 saturated carbocycles. The Bertz CT molecular complexity index is 985. The first-order valence-corrected chi connectivity index (χ1v) is 9.88. The number of aromatic hydroxyl groups is 1. The van der Waals surface area contributed by atoms with Crippen molar-refractivity contribution < 1.29 is 33.8 Å². The number of allylic oxidation sites excluding steroid dienone is 1. The summed E-state index contributed by atoms with van der Waals surface area (Å²) in [6.45, 7) is 3.51. The van der Waals surface area contributed by atoms with E-state index in [1.807, 2.05) is 0 Å². The lowest BCUT2D eigenvalue weighted by Crippen LogP contribution is -2.38. The molecule has 1 N–H and O–H groups in total. The molecule has 1 aliphatic heterocycles. The van der Waals surface area contributed by atoms with Gasteiger partial charge in [0.1, 0.15) is 24.2 Å². The highest BCUT2D eigenvalue weighted by atomic mass is 16.6. The molecule has 0 spiro atoms. The van der Waals surface area contributed by atoms with Gasteiger partial charge in [-0.3, -0.25) is 19.2 Å². The van der Waals surface area contributed by atoms with Crippen LogP contribution in [0.1, 0.15) is 25.8 Å². The van der Waals surface area contributed by atoms with E-state index in [2.05, 4.69) is 0 Å². The number of fused-ring (bicyclic) bond motifs is 3. The summed E-state index contributed by atoms with van der Waals surface area (Å²) in [5.74, 6) is -2.66. The molecule has 5 atom stereocenters. The Kier molecular flexibility index (Phi) is 5.05. The summed E-state index contributed by atoms with van der Waals surface area (Å²) >= 11 is 0. The second-order valence-electron chi connectivity index (χ2n) is 8.14. The smallest absolute Gasteiger partial charge is 0.310 e. The van der Waals surface area contributed by atoms with Crippen LogP contribution in [0.15, 0.2) is 47.1 Å². The van der Waals surface area contributed by atoms with Crippen LogP contribution in [0.4, 0.5) is 0 Å². The molecule has 30 heavy (non-hydrogen) atoms. The molecule has 2 aliphatic carbocycles. The van der Waals surface area contributed by atoms with Crippen molar-refractivity contribution in [1.82, 2.24) is 0 Å². The third-order valence-electron chi connectivity index (χ3n) is 6.24. The summed E-state index contributed by atoms with van der Waals surface area (Å²) in [5, 5.41) is 9.39. The average Bonchev–Trinajstić information content (AvgIpc) is 3.15. The number of ether oxygens (including phenoxy) is 2. The lowest BCUT2D eigenvalue weighted by atomic mass is 9.79. The minimum Gasteiger partial charge on any atom is -0.508 e. The van der Waals surface area contributed by atoms with Gasteiger partial charge in [0.15, 0.2) is 5.78 Å². The second kappa shape index (κ2) is 7.55. The highest BCUT2D eigenvalue weighted by Crippen LogP contribution is 2.48. The Morgan fingerprint density at radius 1 is 1.27 bits per heavy atom. The molecule has 1 fully saturated rings. The van der Waals surface area contributed by atoms with Crippen molar-refractivity contribution in [2.45, 2.75) is 38.9 Å². The van der Waals surface area contributed by atoms with E-state index >= 15 is 0 Å². The zero-order valence-corrected chi connectivity index (χ0v) is 16.7. The summed E-state index contributed by atoms with van der Waals surface area (Å²) < 4.78 is 11.4. The van der Waals surface area contributed by atoms with E-state index in [0.29, 0.717) is 29.4 Å². The van der Waals surface area contributed by atoms with Crippen LogP contribution in [0.5, 0.6) is 5.75 Å². The Hall–Kier alpha value is -3.22. The van der Waals surface area contributed by atoms with Gasteiger partial charge in [0.25, 0.3) is 0 Å². The van der Waals surface area contributed by atoms with Gasteiger partial charge >= 0.3 is 11.9 Å². The van der Waals surface area contributed by atoms with Crippen molar-refractivity contribution in [1.29, 1.82) is 0 Å². The maximum atomic E-state index is 12.6. The summed E-state index contributed by atoms with van der Waals surface area (Å²) in [6.07, 6.45) is 0.861. The summed E-state index contributed by atoms with van der Waals surface area (Å²) in [6, 6.07) is 6.25. The first kappa shape index (κ1) is 20.1. The molecule has 1 saturated heterocycles. The molecule has 1 aromatic rings. The summed E-state index contributed by atoms with van der Waals surface area (Å²) in [5.41, 5.74) is 2.18. The lowest BCUT2D eigenvalue weighted by Gasteiger charge is -2.29. The van der Waals surface area contributed by atoms with Crippen LogP contribution in [0.3, 0.4) is 0 Å². The molecular weight excluding hydrogens is 388 g/mol. The fourth-order valence-corrected chi connectivity index (χ4v) is 4.82. The number of aldehydes is 1. The molecule has 4 rings (SSSR count). The van der Waals surface area contributed by atoms with Gasteiger partial charge in [-0.2, -0.15) is 0 Å². The zero-order valence-electron chi connectivity index (χ0n) is 16.7. The first-order chi connectivity index (χ1) is 14.3. The maximum Gasteiger partial charge on any atom is 0.310 e. The summed E-state index contributed by atoms with van der Waals surface area (Å²) in [4.78, 5) is 49.1. The number of phenols is 1. The van der Waals surface area contributed by atoms with Gasteiger partial charge < -0.3 is 14.6 Å². The Morgan fingerprint density at radius 2 is 1.97 bits per heavy atom. The second-order valence-corrected chi connectivity index (χ2v) is 8.14. The topological polar surface area (TPSA) is 107 Å². The zero-order chi connectivity index (χ0) is 21.6. The van der Waals surface area contributed by atoms with Gasteiger partial charge in [-0.1, -0.05) is 24.6 Å². The molecule has 3 aliphatic rings. The van der Waals surface area contributed by atoms with Gasteiger partial charge in [-0.15, -0.1) is 0 Å². The largest absolute Gasteiger partial charge is 0.508 e. The standard InChI is InChI=1S/C23H22O7/c1-11-7-17(29-18(27)8-13-3-5-15(25)6-4-13)20-12(2)23(28)30-22(20)21-14(10-24)9-16(26)19(11)21/h3-6,9-10,12,17,20-22,25H,7-8H2,1-2H3. The highest BCUT2D eigenvalue weighted by molar-refractivity contribution is 6.12. The molecule has 1 heterocycles. The van der Waals surface area contributed by atoms with Crippen molar-refractivity contribution in [2.24, 2.45) is 17.8 Å². The van der Waals surface area contributed by atoms with Crippen LogP contribution in [-0.4, -0.2) is 41.3 Å². The number of esters is 2. The minimum absolute atomic E-state index is 0.00875. The van der Waals surface area contributed by atoms with Gasteiger partial charge in [-0.25, -0.2) is 0 Å². The first-order valence-electron chi connectivity index (χ1n) is 9.88. The normalized spacial score (nSPS) is 30.2. The SMILES string of the molecule is CC1=C2C(=O)C=C(C=O)C2C2OC(=O)C(C)C2C(OC(=O)Cc2ccc(O)cc2)C1. The third kappa shape index (κ3) is 3.34. The van der Waals surface area contributed by atoms with Crippen LogP contribution in [-0.2, 0) is 35.1 Å². The van der Waals surface area contributed by atoms with E-state index in [0.717, 1.165) is 5.57 Å². The van der Waals surface area contributed by atoms with Gasteiger partial charge in [0, 0.05) is 23.5 Å². The molecule has 0 amide bonds. The fourth-order valence-electron chi connectivity index (χ4n) is 4.82. The number of rotatable bonds is 4. The maximum absolute atomic E-state index is 12.6. The number of carbonyl (C=O) groups excluding carboxylic acids is 4. The molecule has 0 aromatic heterocycles. The molecule has 5 unspecified atom stereocenters. The monoisotopic (exact) mass is 410 g/mol. The van der Waals surface area contributed by atoms with Crippen molar-refractivity contribution >= 4 is 24.0 Å². The van der Waals surface area contributed by atoms with E-state index in [9.17, 15) is 24.3 Å². The van der Waals surface area contributed by atoms with E-state index in [1.165, 1.54) is 18.2 Å². The Morgan fingerprint density at radius 3 is 2.63 bits per heavy atom. The number of carbonyl (C=O) groups is 4. The highest BCUT2D eigenvalue weighted by Gasteiger charge is 2.55. The molecule has 1 aromatic carbocycles. The van der Waals surface area contributed by atoms with Crippen LogP contribution in [0.2, 0.25) is 0 Å². The minimum atomic E-state index is -0.727. The van der Waals surface area contributed by atoms with Crippen molar-refractivity contribution in [3.8, 4) is 5.75 Å². The van der Waals surface area contributed by atoms with E-state index in [4.69, 9.17) is 9.47 Å². The van der Waals surface area contributed by atoms with E-state index < -0.39 is 41.9 Å². The van der Waals surface area contributed by atoms with Crippen molar-refractivity contribution in [3.63, 3.8) is 0 Å². The average molecular weight is 410 g/mol. The number of hydrogen-bond donors (Lipinski definition) is 1. The van der Waals surface area contributed by atoms with E-state index in [-0.39, 0.29) is 18.0 Å². The number of ketones is 1. The third-order valence-corrected chi connectivity index (χ3v) is 6.24. The van der Waals surface area contributed by atoms with Crippen molar-refractivity contribution in [3.05, 3.63) is 52.6 Å². The Labute approximate surface area is 173 Å². The molecule has 7 nitrogen and oxygen atoms in total. The van der Waals surface area contributed by atoms with Gasteiger partial charge in [-0.05, 0) is 30.7 Å². The predicted molar refractivity (Wildman–Crippen MR) is 104 cm³/mol. The lowest BCUT2D eigenvalue weighted by molar-refractivity contribution is -0.152. The quantitative estimate of drug-likeness (QED) is 0.598.